The van der Waals surface area contributed by atoms with Crippen LogP contribution in [-0.2, 0) is 31.5 Å². The number of esters is 1. The lowest BCUT2D eigenvalue weighted by atomic mass is 9.86. The summed E-state index contributed by atoms with van der Waals surface area (Å²) in [7, 11) is -5.81. The van der Waals surface area contributed by atoms with E-state index in [2.05, 4.69) is 9.50 Å². The summed E-state index contributed by atoms with van der Waals surface area (Å²) in [5.41, 5.74) is -4.73. The third kappa shape index (κ3) is 8.25. The van der Waals surface area contributed by atoms with Crippen molar-refractivity contribution in [2.45, 2.75) is 70.5 Å². The Hall–Kier alpha value is -3.08. The van der Waals surface area contributed by atoms with Gasteiger partial charge >= 0.3 is 21.6 Å². The van der Waals surface area contributed by atoms with Gasteiger partial charge in [0.15, 0.2) is 0 Å². The summed E-state index contributed by atoms with van der Waals surface area (Å²) in [6, 6.07) is 10.5. The van der Waals surface area contributed by atoms with Crippen molar-refractivity contribution < 1.29 is 40.1 Å². The highest BCUT2D eigenvalue weighted by Crippen LogP contribution is 2.27. The Kier molecular flexibility index (Phi) is 8.50. The molecule has 0 saturated heterocycles. The molecule has 2 aromatic rings. The molecule has 0 aliphatic carbocycles. The first-order chi connectivity index (χ1) is 16.3. The predicted octanol–water partition coefficient (Wildman–Crippen LogP) is 4.90. The second kappa shape index (κ2) is 10.5. The van der Waals surface area contributed by atoms with Crippen LogP contribution in [-0.4, -0.2) is 37.4 Å². The van der Waals surface area contributed by atoms with E-state index in [9.17, 15) is 31.2 Å². The molecule has 0 saturated carbocycles. The first-order valence-corrected chi connectivity index (χ1v) is 12.4. The molecule has 36 heavy (non-hydrogen) atoms. The van der Waals surface area contributed by atoms with Gasteiger partial charge in [-0.3, -0.25) is 4.79 Å². The third-order valence-corrected chi connectivity index (χ3v) is 5.84. The van der Waals surface area contributed by atoms with E-state index < -0.39 is 44.9 Å². The summed E-state index contributed by atoms with van der Waals surface area (Å²) in [5, 5.41) is 2.65. The van der Waals surface area contributed by atoms with E-state index in [1.807, 2.05) is 32.9 Å². The van der Waals surface area contributed by atoms with Crippen LogP contribution in [0.5, 0.6) is 5.75 Å². The molecule has 198 valence electrons. The average Bonchev–Trinajstić information content (AvgIpc) is 2.71. The maximum Gasteiger partial charge on any atom is 0.534 e. The Morgan fingerprint density at radius 1 is 0.889 bits per heavy atom. The quantitative estimate of drug-likeness (QED) is 0.311. The second-order valence-electron chi connectivity index (χ2n) is 10.2. The standard InChI is InChI=1S/C25H30F3NO6S/c1-23(2,3)18-11-9-17(10-12-18)21(30)29-20(22(31)34-24(4,5)6)15-16-7-13-19(14-8-16)35-36(32,33)25(26,27)28/h7-14,20H,15H2,1-6H3,(H,29,30)/t20-/m0/s1. The highest BCUT2D eigenvalue weighted by Gasteiger charge is 2.48. The van der Waals surface area contributed by atoms with Crippen LogP contribution >= 0.6 is 0 Å². The molecule has 7 nitrogen and oxygen atoms in total. The number of carbonyl (C=O) groups excluding carboxylic acids is 2. The smallest absolute Gasteiger partial charge is 0.458 e. The van der Waals surface area contributed by atoms with Crippen LogP contribution in [0.1, 0.15) is 63.0 Å². The minimum atomic E-state index is -5.81. The molecule has 0 unspecified atom stereocenters. The van der Waals surface area contributed by atoms with E-state index in [0.717, 1.165) is 17.7 Å². The number of halogens is 3. The molecule has 0 bridgehead atoms. The third-order valence-electron chi connectivity index (χ3n) is 4.86. The lowest BCUT2D eigenvalue weighted by Gasteiger charge is -2.25. The Balaban J connectivity index is 2.23. The fourth-order valence-electron chi connectivity index (χ4n) is 3.02. The SMILES string of the molecule is CC(C)(C)OC(=O)[C@H](Cc1ccc(OS(=O)(=O)C(F)(F)F)cc1)NC(=O)c1ccc(C(C)(C)C)cc1. The van der Waals surface area contributed by atoms with Crippen molar-refractivity contribution in [3.63, 3.8) is 0 Å². The van der Waals surface area contributed by atoms with Crippen LogP contribution in [0.4, 0.5) is 13.2 Å². The Labute approximate surface area is 209 Å². The van der Waals surface area contributed by atoms with Crippen LogP contribution in [0.15, 0.2) is 48.5 Å². The molecule has 1 amide bonds. The summed E-state index contributed by atoms with van der Waals surface area (Å²) < 4.78 is 69.5. The van der Waals surface area contributed by atoms with E-state index in [4.69, 9.17) is 4.74 Å². The van der Waals surface area contributed by atoms with E-state index >= 15 is 0 Å². The largest absolute Gasteiger partial charge is 0.534 e. The Bertz CT molecular complexity index is 1180. The molecule has 1 N–H and O–H groups in total. The number of hydrogen-bond acceptors (Lipinski definition) is 6. The second-order valence-corrected chi connectivity index (χ2v) is 11.8. The van der Waals surface area contributed by atoms with Gasteiger partial charge in [0.1, 0.15) is 17.4 Å². The lowest BCUT2D eigenvalue weighted by molar-refractivity contribution is -0.157. The maximum absolute atomic E-state index is 12.9. The number of hydrogen-bond donors (Lipinski definition) is 1. The van der Waals surface area contributed by atoms with Crippen LogP contribution in [0.25, 0.3) is 0 Å². The highest BCUT2D eigenvalue weighted by molar-refractivity contribution is 7.88. The molecular weight excluding hydrogens is 499 g/mol. The molecule has 0 radical (unpaired) electrons. The van der Waals surface area contributed by atoms with Crippen molar-refractivity contribution in [2.24, 2.45) is 0 Å². The van der Waals surface area contributed by atoms with Crippen LogP contribution in [0, 0.1) is 0 Å². The summed E-state index contributed by atoms with van der Waals surface area (Å²) in [6.07, 6.45) is -0.0625. The fourth-order valence-corrected chi connectivity index (χ4v) is 3.48. The van der Waals surface area contributed by atoms with Gasteiger partial charge in [-0.25, -0.2) is 4.79 Å². The predicted molar refractivity (Wildman–Crippen MR) is 128 cm³/mol. The average molecular weight is 530 g/mol. The molecule has 2 rings (SSSR count). The van der Waals surface area contributed by atoms with Crippen molar-refractivity contribution in [3.8, 4) is 5.75 Å². The molecule has 11 heteroatoms. The van der Waals surface area contributed by atoms with E-state index in [-0.39, 0.29) is 11.8 Å². The molecule has 0 fully saturated rings. The van der Waals surface area contributed by atoms with Crippen molar-refractivity contribution in [1.29, 1.82) is 0 Å². The molecule has 0 spiro atoms. The number of nitrogens with one attached hydrogen (secondary N) is 1. The van der Waals surface area contributed by atoms with Gasteiger partial charge in [-0.1, -0.05) is 45.0 Å². The highest BCUT2D eigenvalue weighted by atomic mass is 32.2. The van der Waals surface area contributed by atoms with Gasteiger partial charge in [0, 0.05) is 12.0 Å². The molecule has 1 atom stereocenters. The Morgan fingerprint density at radius 3 is 1.86 bits per heavy atom. The van der Waals surface area contributed by atoms with Crippen LogP contribution in [0.2, 0.25) is 0 Å². The van der Waals surface area contributed by atoms with Gasteiger partial charge in [-0.2, -0.15) is 21.6 Å². The summed E-state index contributed by atoms with van der Waals surface area (Å²) in [5.74, 6) is -1.77. The zero-order valence-electron chi connectivity index (χ0n) is 20.9. The first-order valence-electron chi connectivity index (χ1n) is 11.0. The fraction of sp³-hybridized carbons (Fsp3) is 0.440. The zero-order valence-corrected chi connectivity index (χ0v) is 21.7. The maximum atomic E-state index is 12.9. The molecule has 0 aliphatic heterocycles. The molecule has 0 heterocycles. The number of carbonyl (C=O) groups is 2. The number of benzene rings is 2. The zero-order chi connectivity index (χ0) is 27.5. The molecule has 0 aliphatic rings. The summed E-state index contributed by atoms with van der Waals surface area (Å²) >= 11 is 0. The number of alkyl halides is 3. The number of amides is 1. The molecular formula is C25H30F3NO6S. The topological polar surface area (TPSA) is 98.8 Å². The minimum Gasteiger partial charge on any atom is -0.458 e. The molecule has 0 aromatic heterocycles. The van der Waals surface area contributed by atoms with Gasteiger partial charge in [-0.15, -0.1) is 0 Å². The van der Waals surface area contributed by atoms with Crippen molar-refractivity contribution in [1.82, 2.24) is 5.32 Å². The van der Waals surface area contributed by atoms with E-state index in [1.54, 1.807) is 32.9 Å². The Morgan fingerprint density at radius 2 is 1.42 bits per heavy atom. The van der Waals surface area contributed by atoms with Gasteiger partial charge in [0.05, 0.1) is 0 Å². The summed E-state index contributed by atoms with van der Waals surface area (Å²) in [6.45, 7) is 11.1. The normalized spacial score (nSPS) is 13.6. The van der Waals surface area contributed by atoms with Crippen molar-refractivity contribution in [3.05, 3.63) is 65.2 Å². The van der Waals surface area contributed by atoms with Gasteiger partial charge in [0.2, 0.25) is 0 Å². The first kappa shape index (κ1) is 29.2. The van der Waals surface area contributed by atoms with Crippen molar-refractivity contribution >= 4 is 22.0 Å². The summed E-state index contributed by atoms with van der Waals surface area (Å²) in [4.78, 5) is 25.7. The number of ether oxygens (including phenoxy) is 1. The van der Waals surface area contributed by atoms with Crippen LogP contribution in [0.3, 0.4) is 0 Å². The van der Waals surface area contributed by atoms with Gasteiger partial charge < -0.3 is 14.2 Å². The van der Waals surface area contributed by atoms with Crippen molar-refractivity contribution in [2.75, 3.05) is 0 Å². The number of rotatable bonds is 7. The van der Waals surface area contributed by atoms with Gasteiger partial charge in [-0.05, 0) is 61.6 Å². The van der Waals surface area contributed by atoms with E-state index in [1.165, 1.54) is 12.1 Å². The van der Waals surface area contributed by atoms with Gasteiger partial charge in [0.25, 0.3) is 5.91 Å². The minimum absolute atomic E-state index is 0.0625. The molecule has 2 aromatic carbocycles. The van der Waals surface area contributed by atoms with E-state index in [0.29, 0.717) is 11.1 Å². The lowest BCUT2D eigenvalue weighted by Crippen LogP contribution is -2.45. The monoisotopic (exact) mass is 529 g/mol. The van der Waals surface area contributed by atoms with Crippen LogP contribution < -0.4 is 9.50 Å².